The van der Waals surface area contributed by atoms with E-state index < -0.39 is 23.7 Å². The number of carbonyl (C=O) groups is 2. The Kier molecular flexibility index (Phi) is 7.28. The van der Waals surface area contributed by atoms with Gasteiger partial charge in [-0.25, -0.2) is 13.6 Å². The Labute approximate surface area is 157 Å². The van der Waals surface area contributed by atoms with Crippen molar-refractivity contribution in [2.24, 2.45) is 0 Å². The molecule has 2 aromatic rings. The summed E-state index contributed by atoms with van der Waals surface area (Å²) in [5, 5.41) is 5.22. The number of hydrogen-bond donors (Lipinski definition) is 2. The average molecular weight is 375 g/mol. The maximum absolute atomic E-state index is 13.3. The molecule has 0 aliphatic heterocycles. The molecule has 27 heavy (non-hydrogen) atoms. The Hall–Kier alpha value is -2.96. The number of carbonyl (C=O) groups excluding carboxylic acids is 2. The molecule has 2 rings (SSSR count). The highest BCUT2D eigenvalue weighted by Crippen LogP contribution is 2.15. The largest absolute Gasteiger partial charge is 0.341 e. The number of halogens is 2. The fraction of sp³-hybridized carbons (Fsp3) is 0.300. The van der Waals surface area contributed by atoms with E-state index in [1.165, 1.54) is 6.07 Å². The molecule has 0 heterocycles. The van der Waals surface area contributed by atoms with Crippen LogP contribution in [0.1, 0.15) is 30.5 Å². The van der Waals surface area contributed by atoms with Gasteiger partial charge in [0.25, 0.3) is 0 Å². The minimum absolute atomic E-state index is 0.0900. The summed E-state index contributed by atoms with van der Waals surface area (Å²) in [7, 11) is 1.71. The fourth-order valence-electron chi connectivity index (χ4n) is 2.53. The van der Waals surface area contributed by atoms with Crippen molar-refractivity contribution < 1.29 is 18.4 Å². The first-order valence-electron chi connectivity index (χ1n) is 8.64. The monoisotopic (exact) mass is 375 g/mol. The van der Waals surface area contributed by atoms with Gasteiger partial charge in [-0.05, 0) is 30.2 Å². The Morgan fingerprint density at radius 3 is 2.44 bits per heavy atom. The normalized spacial score (nSPS) is 11.6. The maximum atomic E-state index is 13.3. The van der Waals surface area contributed by atoms with Crippen LogP contribution in [-0.4, -0.2) is 30.4 Å². The molecule has 1 atom stereocenters. The molecule has 7 heteroatoms. The van der Waals surface area contributed by atoms with Crippen molar-refractivity contribution in [3.05, 3.63) is 71.3 Å². The highest BCUT2D eigenvalue weighted by molar-refractivity contribution is 5.78. The zero-order valence-corrected chi connectivity index (χ0v) is 15.3. The van der Waals surface area contributed by atoms with Crippen LogP contribution in [0.4, 0.5) is 13.6 Å². The van der Waals surface area contributed by atoms with Gasteiger partial charge in [0.15, 0.2) is 11.6 Å². The zero-order chi connectivity index (χ0) is 19.8. The number of amides is 3. The molecule has 144 valence electrons. The van der Waals surface area contributed by atoms with Crippen LogP contribution in [0.25, 0.3) is 0 Å². The lowest BCUT2D eigenvalue weighted by atomic mass is 10.1. The van der Waals surface area contributed by atoms with Crippen molar-refractivity contribution in [3.63, 3.8) is 0 Å². The van der Waals surface area contributed by atoms with Crippen LogP contribution in [0, 0.1) is 11.6 Å². The minimum Gasteiger partial charge on any atom is -0.341 e. The zero-order valence-electron chi connectivity index (χ0n) is 15.3. The van der Waals surface area contributed by atoms with Crippen LogP contribution < -0.4 is 10.6 Å². The first kappa shape index (κ1) is 20.4. The van der Waals surface area contributed by atoms with E-state index in [-0.39, 0.29) is 18.9 Å². The fourth-order valence-corrected chi connectivity index (χ4v) is 2.53. The van der Waals surface area contributed by atoms with E-state index in [4.69, 9.17) is 0 Å². The molecule has 1 unspecified atom stereocenters. The van der Waals surface area contributed by atoms with E-state index in [2.05, 4.69) is 10.6 Å². The summed E-state index contributed by atoms with van der Waals surface area (Å²) in [6.07, 6.45) is 0.163. The van der Waals surface area contributed by atoms with Crippen molar-refractivity contribution in [2.75, 3.05) is 13.6 Å². The van der Waals surface area contributed by atoms with E-state index in [1.54, 1.807) is 18.9 Å². The van der Waals surface area contributed by atoms with Crippen molar-refractivity contribution in [1.82, 2.24) is 15.5 Å². The molecule has 2 aromatic carbocycles. The first-order chi connectivity index (χ1) is 12.9. The summed E-state index contributed by atoms with van der Waals surface area (Å²) in [5.74, 6) is -1.99. The van der Waals surface area contributed by atoms with Crippen molar-refractivity contribution >= 4 is 11.9 Å². The molecule has 0 fully saturated rings. The van der Waals surface area contributed by atoms with Gasteiger partial charge in [-0.2, -0.15) is 0 Å². The number of nitrogens with one attached hydrogen (secondary N) is 2. The lowest BCUT2D eigenvalue weighted by Gasteiger charge is -2.18. The van der Waals surface area contributed by atoms with Gasteiger partial charge >= 0.3 is 6.03 Å². The molecule has 5 nitrogen and oxygen atoms in total. The van der Waals surface area contributed by atoms with Crippen LogP contribution >= 0.6 is 0 Å². The highest BCUT2D eigenvalue weighted by atomic mass is 19.2. The van der Waals surface area contributed by atoms with Crippen molar-refractivity contribution in [3.8, 4) is 0 Å². The minimum atomic E-state index is -0.964. The summed E-state index contributed by atoms with van der Waals surface area (Å²) in [6, 6.07) is 12.1. The van der Waals surface area contributed by atoms with Crippen LogP contribution in [0.3, 0.4) is 0 Å². The molecule has 0 saturated heterocycles. The van der Waals surface area contributed by atoms with Gasteiger partial charge in [0.1, 0.15) is 0 Å². The number of benzene rings is 2. The van der Waals surface area contributed by atoms with Gasteiger partial charge in [-0.3, -0.25) is 4.79 Å². The molecule has 3 amide bonds. The summed E-state index contributed by atoms with van der Waals surface area (Å²) < 4.78 is 26.2. The molecule has 0 aromatic heterocycles. The van der Waals surface area contributed by atoms with Gasteiger partial charge < -0.3 is 15.5 Å². The Morgan fingerprint density at radius 2 is 1.78 bits per heavy atom. The molecule has 0 radical (unpaired) electrons. The van der Waals surface area contributed by atoms with Crippen LogP contribution in [-0.2, 0) is 11.3 Å². The van der Waals surface area contributed by atoms with Gasteiger partial charge in [-0.1, -0.05) is 36.4 Å². The molecular weight excluding hydrogens is 352 g/mol. The third-order valence-corrected chi connectivity index (χ3v) is 4.10. The van der Waals surface area contributed by atoms with Crippen LogP contribution in [0.2, 0.25) is 0 Å². The molecule has 0 aliphatic carbocycles. The Balaban J connectivity index is 1.73. The standard InChI is InChI=1S/C20H23F2N3O2/c1-14(16-8-9-17(21)18(22)12-16)24-20(27)23-11-10-19(26)25(2)13-15-6-4-3-5-7-15/h3-9,12,14H,10-11,13H2,1-2H3,(H2,23,24,27). The second-order valence-corrected chi connectivity index (χ2v) is 6.28. The molecule has 0 bridgehead atoms. The summed E-state index contributed by atoms with van der Waals surface area (Å²) in [6.45, 7) is 2.33. The van der Waals surface area contributed by atoms with Crippen LogP contribution in [0.5, 0.6) is 0 Å². The molecule has 0 spiro atoms. The Morgan fingerprint density at radius 1 is 1.07 bits per heavy atom. The van der Waals surface area contributed by atoms with Crippen molar-refractivity contribution in [2.45, 2.75) is 25.9 Å². The summed E-state index contributed by atoms with van der Waals surface area (Å²) in [5.41, 5.74) is 1.47. The van der Waals surface area contributed by atoms with Gasteiger partial charge in [-0.15, -0.1) is 0 Å². The van der Waals surface area contributed by atoms with Crippen molar-refractivity contribution in [1.29, 1.82) is 0 Å². The van der Waals surface area contributed by atoms with E-state index in [9.17, 15) is 18.4 Å². The van der Waals surface area contributed by atoms with E-state index >= 15 is 0 Å². The lowest BCUT2D eigenvalue weighted by Crippen LogP contribution is -2.39. The second kappa shape index (κ2) is 9.66. The van der Waals surface area contributed by atoms with E-state index in [1.807, 2.05) is 30.3 Å². The molecule has 0 aliphatic rings. The highest BCUT2D eigenvalue weighted by Gasteiger charge is 2.13. The van der Waals surface area contributed by atoms with Gasteiger partial charge in [0, 0.05) is 26.6 Å². The number of nitrogens with zero attached hydrogens (tertiary/aromatic N) is 1. The van der Waals surface area contributed by atoms with E-state index in [0.717, 1.165) is 17.7 Å². The third kappa shape index (κ3) is 6.36. The van der Waals surface area contributed by atoms with E-state index in [0.29, 0.717) is 12.1 Å². The molecule has 2 N–H and O–H groups in total. The quantitative estimate of drug-likeness (QED) is 0.779. The molecular formula is C20H23F2N3O2. The smallest absolute Gasteiger partial charge is 0.315 e. The lowest BCUT2D eigenvalue weighted by molar-refractivity contribution is -0.130. The van der Waals surface area contributed by atoms with Gasteiger partial charge in [0.2, 0.25) is 5.91 Å². The number of urea groups is 1. The average Bonchev–Trinajstić information content (AvgIpc) is 2.64. The first-order valence-corrected chi connectivity index (χ1v) is 8.64. The van der Waals surface area contributed by atoms with Gasteiger partial charge in [0.05, 0.1) is 6.04 Å². The predicted octanol–water partition coefficient (Wildman–Crippen LogP) is 3.37. The predicted molar refractivity (Wildman–Crippen MR) is 98.8 cm³/mol. The maximum Gasteiger partial charge on any atom is 0.315 e. The van der Waals surface area contributed by atoms with Crippen LogP contribution in [0.15, 0.2) is 48.5 Å². The Bertz CT molecular complexity index is 784. The number of rotatable bonds is 7. The SMILES string of the molecule is CC(NC(=O)NCCC(=O)N(C)Cc1ccccc1)c1ccc(F)c(F)c1. The number of hydrogen-bond acceptors (Lipinski definition) is 2. The topological polar surface area (TPSA) is 61.4 Å². The third-order valence-electron chi connectivity index (χ3n) is 4.10. The summed E-state index contributed by atoms with van der Waals surface area (Å²) in [4.78, 5) is 25.6. The second-order valence-electron chi connectivity index (χ2n) is 6.28. The molecule has 0 saturated carbocycles. The summed E-state index contributed by atoms with van der Waals surface area (Å²) >= 11 is 0.